The number of likely N-dealkylation sites (N-methyl/N-ethyl adjacent to an activating group) is 1. The van der Waals surface area contributed by atoms with Gasteiger partial charge in [0.2, 0.25) is 0 Å². The molecule has 0 saturated carbocycles. The van der Waals surface area contributed by atoms with Crippen molar-refractivity contribution in [2.75, 3.05) is 26.7 Å². The van der Waals surface area contributed by atoms with E-state index in [1.54, 1.807) is 0 Å². The van der Waals surface area contributed by atoms with Crippen molar-refractivity contribution in [2.45, 2.75) is 32.7 Å². The van der Waals surface area contributed by atoms with Crippen LogP contribution in [0.4, 0.5) is 0 Å². The van der Waals surface area contributed by atoms with Gasteiger partial charge in [0.15, 0.2) is 0 Å². The number of hydrogen-bond donors (Lipinski definition) is 1. The van der Waals surface area contributed by atoms with Crippen molar-refractivity contribution >= 4 is 0 Å². The molecule has 0 aromatic carbocycles. The van der Waals surface area contributed by atoms with E-state index in [-0.39, 0.29) is 0 Å². The molecule has 0 aliphatic rings. The minimum atomic E-state index is 0.580. The van der Waals surface area contributed by atoms with Crippen LogP contribution in [0.2, 0.25) is 0 Å². The van der Waals surface area contributed by atoms with Crippen LogP contribution >= 0.6 is 0 Å². The summed E-state index contributed by atoms with van der Waals surface area (Å²) < 4.78 is 0. The van der Waals surface area contributed by atoms with Crippen molar-refractivity contribution in [2.24, 2.45) is 0 Å². The summed E-state index contributed by atoms with van der Waals surface area (Å²) in [5, 5.41) is 3.43. The summed E-state index contributed by atoms with van der Waals surface area (Å²) in [5.74, 6) is 0. The predicted molar refractivity (Wildman–Crippen MR) is 73.2 cm³/mol. The molecule has 0 spiro atoms. The summed E-state index contributed by atoms with van der Waals surface area (Å²) in [6.07, 6.45) is 4.11. The van der Waals surface area contributed by atoms with Crippen molar-refractivity contribution in [3.05, 3.63) is 30.1 Å². The molecule has 3 nitrogen and oxygen atoms in total. The molecular weight excluding hydrogens is 210 g/mol. The monoisotopic (exact) mass is 235 g/mol. The second-order valence-electron chi connectivity index (χ2n) is 4.84. The molecule has 0 aliphatic heterocycles. The van der Waals surface area contributed by atoms with Gasteiger partial charge < -0.3 is 10.2 Å². The van der Waals surface area contributed by atoms with Crippen molar-refractivity contribution in [1.29, 1.82) is 0 Å². The van der Waals surface area contributed by atoms with Gasteiger partial charge in [-0.15, -0.1) is 0 Å². The number of hydrogen-bond acceptors (Lipinski definition) is 3. The van der Waals surface area contributed by atoms with Gasteiger partial charge in [-0.05, 0) is 38.6 Å². The summed E-state index contributed by atoms with van der Waals surface area (Å²) in [5.41, 5.74) is 1.20. The quantitative estimate of drug-likeness (QED) is 0.746. The summed E-state index contributed by atoms with van der Waals surface area (Å²) >= 11 is 0. The molecule has 0 radical (unpaired) electrons. The van der Waals surface area contributed by atoms with Crippen LogP contribution in [0, 0.1) is 0 Å². The first kappa shape index (κ1) is 14.1. The Bertz CT molecular complexity index is 285. The molecule has 17 heavy (non-hydrogen) atoms. The fourth-order valence-electron chi connectivity index (χ4n) is 1.73. The Labute approximate surface area is 105 Å². The molecule has 1 heterocycles. The van der Waals surface area contributed by atoms with Crippen molar-refractivity contribution in [3.8, 4) is 0 Å². The Balaban J connectivity index is 2.06. The zero-order chi connectivity index (χ0) is 12.5. The second-order valence-corrected chi connectivity index (χ2v) is 4.84. The Morgan fingerprint density at radius 3 is 2.76 bits per heavy atom. The van der Waals surface area contributed by atoms with Gasteiger partial charge in [-0.25, -0.2) is 0 Å². The average molecular weight is 235 g/mol. The molecule has 1 N–H and O–H groups in total. The van der Waals surface area contributed by atoms with Crippen LogP contribution in [0.5, 0.6) is 0 Å². The molecule has 0 unspecified atom stereocenters. The third-order valence-electron chi connectivity index (χ3n) is 2.75. The first-order valence-electron chi connectivity index (χ1n) is 6.50. The van der Waals surface area contributed by atoms with Gasteiger partial charge in [-0.1, -0.05) is 19.9 Å². The zero-order valence-electron chi connectivity index (χ0n) is 11.3. The minimum absolute atomic E-state index is 0.580. The maximum Gasteiger partial charge on any atom is 0.0404 e. The first-order valence-corrected chi connectivity index (χ1v) is 6.50. The third-order valence-corrected chi connectivity index (χ3v) is 2.75. The summed E-state index contributed by atoms with van der Waals surface area (Å²) in [7, 11) is 2.18. The number of nitrogens with zero attached hydrogens (tertiary/aromatic N) is 2. The number of aryl methyl sites for hydroxylation is 1. The SMILES string of the molecule is CC(C)NCCN(C)CCCc1ccccn1. The lowest BCUT2D eigenvalue weighted by Crippen LogP contribution is -2.33. The molecule has 3 heteroatoms. The summed E-state index contributed by atoms with van der Waals surface area (Å²) in [6.45, 7) is 7.68. The molecule has 0 amide bonds. The highest BCUT2D eigenvalue weighted by atomic mass is 15.1. The fraction of sp³-hybridized carbons (Fsp3) is 0.643. The Kier molecular flexibility index (Phi) is 6.82. The molecule has 0 fully saturated rings. The smallest absolute Gasteiger partial charge is 0.0404 e. The van der Waals surface area contributed by atoms with E-state index >= 15 is 0 Å². The van der Waals surface area contributed by atoms with E-state index in [0.717, 1.165) is 26.1 Å². The van der Waals surface area contributed by atoms with Crippen molar-refractivity contribution < 1.29 is 0 Å². The van der Waals surface area contributed by atoms with Crippen molar-refractivity contribution in [1.82, 2.24) is 15.2 Å². The Morgan fingerprint density at radius 2 is 2.12 bits per heavy atom. The lowest BCUT2D eigenvalue weighted by molar-refractivity contribution is 0.322. The number of nitrogens with one attached hydrogen (secondary N) is 1. The minimum Gasteiger partial charge on any atom is -0.313 e. The van der Waals surface area contributed by atoms with Gasteiger partial charge in [0, 0.05) is 31.0 Å². The third kappa shape index (κ3) is 7.08. The van der Waals surface area contributed by atoms with Crippen molar-refractivity contribution in [3.63, 3.8) is 0 Å². The van der Waals surface area contributed by atoms with E-state index in [4.69, 9.17) is 0 Å². The second kappa shape index (κ2) is 8.20. The van der Waals surface area contributed by atoms with E-state index < -0.39 is 0 Å². The molecule has 0 aliphatic carbocycles. The predicted octanol–water partition coefficient (Wildman–Crippen LogP) is 1.94. The topological polar surface area (TPSA) is 28.2 Å². The molecule has 96 valence electrons. The summed E-state index contributed by atoms with van der Waals surface area (Å²) in [6, 6.07) is 6.70. The molecule has 0 atom stereocenters. The lowest BCUT2D eigenvalue weighted by atomic mass is 10.2. The molecule has 1 aromatic rings. The van der Waals surface area contributed by atoms with Crippen LogP contribution in [0.15, 0.2) is 24.4 Å². The van der Waals surface area contributed by atoms with Crippen LogP contribution < -0.4 is 5.32 Å². The fourth-order valence-corrected chi connectivity index (χ4v) is 1.73. The van der Waals surface area contributed by atoms with E-state index in [1.807, 2.05) is 12.3 Å². The Hall–Kier alpha value is -0.930. The highest BCUT2D eigenvalue weighted by molar-refractivity contribution is 5.03. The maximum atomic E-state index is 4.33. The number of rotatable bonds is 8. The summed E-state index contributed by atoms with van der Waals surface area (Å²) in [4.78, 5) is 6.70. The van der Waals surface area contributed by atoms with E-state index in [0.29, 0.717) is 6.04 Å². The number of pyridine rings is 1. The lowest BCUT2D eigenvalue weighted by Gasteiger charge is -2.17. The van der Waals surface area contributed by atoms with Gasteiger partial charge in [0.1, 0.15) is 0 Å². The van der Waals surface area contributed by atoms with E-state index in [1.165, 1.54) is 12.1 Å². The molecule has 1 aromatic heterocycles. The van der Waals surface area contributed by atoms with Crippen LogP contribution in [0.3, 0.4) is 0 Å². The van der Waals surface area contributed by atoms with Crippen LogP contribution in [-0.4, -0.2) is 42.6 Å². The van der Waals surface area contributed by atoms with Crippen LogP contribution in [0.1, 0.15) is 26.0 Å². The zero-order valence-corrected chi connectivity index (χ0v) is 11.3. The maximum absolute atomic E-state index is 4.33. The van der Waals surface area contributed by atoms with Gasteiger partial charge in [0.25, 0.3) is 0 Å². The van der Waals surface area contributed by atoms with E-state index in [2.05, 4.69) is 48.2 Å². The Morgan fingerprint density at radius 1 is 1.29 bits per heavy atom. The normalized spacial score (nSPS) is 11.4. The highest BCUT2D eigenvalue weighted by Gasteiger charge is 2.00. The van der Waals surface area contributed by atoms with Crippen LogP contribution in [0.25, 0.3) is 0 Å². The molecule has 1 rings (SSSR count). The van der Waals surface area contributed by atoms with Gasteiger partial charge in [-0.2, -0.15) is 0 Å². The number of aromatic nitrogens is 1. The molecular formula is C14H25N3. The van der Waals surface area contributed by atoms with E-state index in [9.17, 15) is 0 Å². The largest absolute Gasteiger partial charge is 0.313 e. The highest BCUT2D eigenvalue weighted by Crippen LogP contribution is 1.99. The first-order chi connectivity index (χ1) is 8.18. The van der Waals surface area contributed by atoms with Gasteiger partial charge in [0.05, 0.1) is 0 Å². The standard InChI is InChI=1S/C14H25N3/c1-13(2)15-10-12-17(3)11-6-8-14-7-4-5-9-16-14/h4-5,7,9,13,15H,6,8,10-12H2,1-3H3. The van der Waals surface area contributed by atoms with Gasteiger partial charge >= 0.3 is 0 Å². The molecule has 0 saturated heterocycles. The average Bonchev–Trinajstić information content (AvgIpc) is 2.30. The van der Waals surface area contributed by atoms with Gasteiger partial charge in [-0.3, -0.25) is 4.98 Å². The van der Waals surface area contributed by atoms with Crippen LogP contribution in [-0.2, 0) is 6.42 Å². The molecule has 0 bridgehead atoms.